The predicted octanol–water partition coefficient (Wildman–Crippen LogP) is 5.09. The topological polar surface area (TPSA) is 95.9 Å². The number of hydrogen-bond donors (Lipinski definition) is 0. The van der Waals surface area contributed by atoms with Crippen LogP contribution in [0.5, 0.6) is 5.75 Å². The molecule has 0 aliphatic heterocycles. The summed E-state index contributed by atoms with van der Waals surface area (Å²) in [4.78, 5) is 22.1. The summed E-state index contributed by atoms with van der Waals surface area (Å²) in [5, 5.41) is 3.63. The lowest BCUT2D eigenvalue weighted by Crippen LogP contribution is -1.96. The van der Waals surface area contributed by atoms with E-state index < -0.39 is 5.63 Å². The molecule has 4 aromatic heterocycles. The van der Waals surface area contributed by atoms with Crippen LogP contribution < -0.4 is 16.0 Å². The van der Waals surface area contributed by atoms with E-state index >= 15 is 0 Å². The minimum absolute atomic E-state index is 0.344. The molecule has 6 aromatic rings. The van der Waals surface area contributed by atoms with Crippen LogP contribution in [0.4, 0.5) is 0 Å². The maximum Gasteiger partial charge on any atom is 0.336 e. The van der Waals surface area contributed by atoms with Gasteiger partial charge in [-0.3, -0.25) is 0 Å². The molecular formula is C23H14O7. The zero-order valence-electron chi connectivity index (χ0n) is 15.7. The normalized spacial score (nSPS) is 11.1. The Kier molecular flexibility index (Phi) is 4.14. The average Bonchev–Trinajstić information content (AvgIpc) is 3.39. The molecule has 30 heavy (non-hydrogen) atoms. The van der Waals surface area contributed by atoms with Crippen molar-refractivity contribution in [2.45, 2.75) is 0 Å². The Morgan fingerprint density at radius 3 is 2.10 bits per heavy atom. The quantitative estimate of drug-likeness (QED) is 0.354. The second-order valence-electron chi connectivity index (χ2n) is 6.52. The van der Waals surface area contributed by atoms with Crippen LogP contribution in [0.25, 0.3) is 43.9 Å². The summed E-state index contributed by atoms with van der Waals surface area (Å²) in [6, 6.07) is 15.5. The van der Waals surface area contributed by atoms with E-state index in [0.29, 0.717) is 22.5 Å². The molecule has 0 amide bonds. The molecule has 0 fully saturated rings. The molecule has 7 heteroatoms. The van der Waals surface area contributed by atoms with Crippen LogP contribution >= 0.6 is 0 Å². The van der Waals surface area contributed by atoms with Crippen molar-refractivity contribution >= 4 is 43.9 Å². The molecule has 7 nitrogen and oxygen atoms in total. The van der Waals surface area contributed by atoms with Gasteiger partial charge in [0.05, 0.1) is 19.6 Å². The van der Waals surface area contributed by atoms with Gasteiger partial charge in [0.1, 0.15) is 11.2 Å². The van der Waals surface area contributed by atoms with Crippen molar-refractivity contribution in [2.75, 3.05) is 7.11 Å². The van der Waals surface area contributed by atoms with E-state index in [1.54, 1.807) is 30.7 Å². The number of methoxy groups -OCH3 is 1. The van der Waals surface area contributed by atoms with Gasteiger partial charge in [-0.25, -0.2) is 9.59 Å². The van der Waals surface area contributed by atoms with Gasteiger partial charge >= 0.3 is 11.3 Å². The molecule has 0 aliphatic carbocycles. The van der Waals surface area contributed by atoms with E-state index in [0.717, 1.165) is 27.1 Å². The summed E-state index contributed by atoms with van der Waals surface area (Å²) in [7, 11) is 1.52. The highest BCUT2D eigenvalue weighted by atomic mass is 16.5. The summed E-state index contributed by atoms with van der Waals surface area (Å²) < 4.78 is 25.9. The second-order valence-corrected chi connectivity index (χ2v) is 6.52. The highest BCUT2D eigenvalue weighted by Crippen LogP contribution is 2.34. The molecule has 0 saturated carbocycles. The van der Waals surface area contributed by atoms with Crippen molar-refractivity contribution in [3.05, 3.63) is 88.0 Å². The number of furan rings is 2. The molecule has 0 saturated heterocycles. The van der Waals surface area contributed by atoms with E-state index in [9.17, 15) is 9.59 Å². The van der Waals surface area contributed by atoms with Crippen LogP contribution in [0.3, 0.4) is 0 Å². The van der Waals surface area contributed by atoms with Gasteiger partial charge < -0.3 is 22.4 Å². The summed E-state index contributed by atoms with van der Waals surface area (Å²) in [6.45, 7) is 0. The molecule has 6 rings (SSSR count). The van der Waals surface area contributed by atoms with Crippen molar-refractivity contribution < 1.29 is 22.4 Å². The van der Waals surface area contributed by atoms with Gasteiger partial charge in [0.2, 0.25) is 5.75 Å². The second kappa shape index (κ2) is 6.97. The maximum atomic E-state index is 11.2. The summed E-state index contributed by atoms with van der Waals surface area (Å²) >= 11 is 0. The molecule has 2 aromatic carbocycles. The van der Waals surface area contributed by atoms with E-state index in [4.69, 9.17) is 22.4 Å². The maximum absolute atomic E-state index is 11.2. The Labute approximate surface area is 167 Å². The van der Waals surface area contributed by atoms with Crippen molar-refractivity contribution in [3.8, 4) is 5.75 Å². The fourth-order valence-electron chi connectivity index (χ4n) is 3.32. The number of hydrogen-bond acceptors (Lipinski definition) is 7. The third-order valence-electron chi connectivity index (χ3n) is 4.68. The predicted molar refractivity (Wildman–Crippen MR) is 111 cm³/mol. The Morgan fingerprint density at radius 1 is 0.633 bits per heavy atom. The molecule has 0 N–H and O–H groups in total. The zero-order chi connectivity index (χ0) is 20.7. The van der Waals surface area contributed by atoms with Crippen molar-refractivity contribution in [1.82, 2.24) is 0 Å². The van der Waals surface area contributed by atoms with Gasteiger partial charge in [-0.05, 0) is 36.4 Å². The van der Waals surface area contributed by atoms with Gasteiger partial charge in [0.25, 0.3) is 0 Å². The minimum atomic E-state index is -0.406. The minimum Gasteiger partial charge on any atom is -0.490 e. The Balaban J connectivity index is 0.000000130. The fourth-order valence-corrected chi connectivity index (χ4v) is 3.32. The summed E-state index contributed by atoms with van der Waals surface area (Å²) in [6.07, 6.45) is 3.19. The SMILES string of the molecule is COc1c2occc2cc2ccc(=O)oc12.O=c1ccc2cc3ccoc3cc2o1. The molecule has 148 valence electrons. The summed E-state index contributed by atoms with van der Waals surface area (Å²) in [5.74, 6) is 0.454. The molecule has 0 atom stereocenters. The highest BCUT2D eigenvalue weighted by Gasteiger charge is 2.13. The monoisotopic (exact) mass is 402 g/mol. The Bertz CT molecular complexity index is 1630. The number of ether oxygens (including phenoxy) is 1. The van der Waals surface area contributed by atoms with Crippen LogP contribution in [0.2, 0.25) is 0 Å². The number of fused-ring (bicyclic) bond motifs is 4. The fraction of sp³-hybridized carbons (Fsp3) is 0.0435. The zero-order valence-corrected chi connectivity index (χ0v) is 15.7. The van der Waals surface area contributed by atoms with E-state index in [1.165, 1.54) is 19.2 Å². The molecule has 0 aliphatic rings. The first-order valence-corrected chi connectivity index (χ1v) is 9.01. The van der Waals surface area contributed by atoms with Gasteiger partial charge in [0.15, 0.2) is 11.2 Å². The lowest BCUT2D eigenvalue weighted by atomic mass is 10.1. The molecule has 0 unspecified atom stereocenters. The van der Waals surface area contributed by atoms with Crippen molar-refractivity contribution in [3.63, 3.8) is 0 Å². The molecular weight excluding hydrogens is 388 g/mol. The largest absolute Gasteiger partial charge is 0.490 e. The Hall–Kier alpha value is -4.26. The lowest BCUT2D eigenvalue weighted by molar-refractivity contribution is 0.403. The standard InChI is InChI=1S/C12H8O4.C11H6O3/c1-14-12-10-8(4-5-15-10)6-7-2-3-9(13)16-11(7)12;12-11-2-1-7-5-8-3-4-13-9(8)6-10(7)14-11/h2-6H,1H3;1-6H. The molecule has 4 heterocycles. The lowest BCUT2D eigenvalue weighted by Gasteiger charge is -2.03. The first-order chi connectivity index (χ1) is 14.6. The highest BCUT2D eigenvalue weighted by molar-refractivity contribution is 6.00. The molecule has 0 spiro atoms. The Morgan fingerprint density at radius 2 is 1.27 bits per heavy atom. The summed E-state index contributed by atoms with van der Waals surface area (Å²) in [5.41, 5.74) is 1.54. The van der Waals surface area contributed by atoms with Crippen molar-refractivity contribution in [1.29, 1.82) is 0 Å². The first-order valence-electron chi connectivity index (χ1n) is 9.01. The van der Waals surface area contributed by atoms with Crippen LogP contribution in [0.1, 0.15) is 0 Å². The van der Waals surface area contributed by atoms with E-state index in [2.05, 4.69) is 0 Å². The number of rotatable bonds is 1. The van der Waals surface area contributed by atoms with Gasteiger partial charge in [-0.1, -0.05) is 0 Å². The molecule has 0 radical (unpaired) electrons. The van der Waals surface area contributed by atoms with Gasteiger partial charge in [-0.15, -0.1) is 0 Å². The van der Waals surface area contributed by atoms with Crippen LogP contribution in [-0.2, 0) is 0 Å². The van der Waals surface area contributed by atoms with Crippen LogP contribution in [-0.4, -0.2) is 7.11 Å². The van der Waals surface area contributed by atoms with Crippen molar-refractivity contribution in [2.24, 2.45) is 0 Å². The van der Waals surface area contributed by atoms with Gasteiger partial charge in [-0.2, -0.15) is 0 Å². The smallest absolute Gasteiger partial charge is 0.336 e. The average molecular weight is 402 g/mol. The third kappa shape index (κ3) is 3.02. The van der Waals surface area contributed by atoms with E-state index in [-0.39, 0.29) is 5.63 Å². The van der Waals surface area contributed by atoms with Crippen LogP contribution in [0, 0.1) is 0 Å². The van der Waals surface area contributed by atoms with Gasteiger partial charge in [0, 0.05) is 39.7 Å². The van der Waals surface area contributed by atoms with Crippen LogP contribution in [0.15, 0.2) is 94.4 Å². The first kappa shape index (κ1) is 17.8. The third-order valence-corrected chi connectivity index (χ3v) is 4.68. The van der Waals surface area contributed by atoms with E-state index in [1.807, 2.05) is 24.3 Å². The number of benzene rings is 2. The molecule has 0 bridgehead atoms.